The summed E-state index contributed by atoms with van der Waals surface area (Å²) in [7, 11) is 0. The Hall–Kier alpha value is -1.90. The van der Waals surface area contributed by atoms with Gasteiger partial charge in [-0.3, -0.25) is 10.1 Å². The molecule has 3 aromatic rings. The Morgan fingerprint density at radius 3 is 2.90 bits per heavy atom. The molecule has 108 valence electrons. The molecule has 0 saturated carbocycles. The largest absolute Gasteiger partial charge is 0.431 e. The van der Waals surface area contributed by atoms with Gasteiger partial charge in [0.25, 0.3) is 10.9 Å². The van der Waals surface area contributed by atoms with Gasteiger partial charge in [0.15, 0.2) is 5.58 Å². The Kier molecular flexibility index (Phi) is 3.66. The molecule has 0 amide bonds. The highest BCUT2D eigenvalue weighted by atomic mass is 32.2. The Bertz CT molecular complexity index is 776. The van der Waals surface area contributed by atoms with Crippen molar-refractivity contribution < 1.29 is 14.4 Å². The van der Waals surface area contributed by atoms with Crippen molar-refractivity contribution in [1.82, 2.24) is 4.98 Å². The maximum atomic E-state index is 11.1. The molecule has 21 heavy (non-hydrogen) atoms. The molecule has 1 unspecified atom stereocenters. The van der Waals surface area contributed by atoms with Crippen LogP contribution in [0.1, 0.15) is 17.9 Å². The maximum Gasteiger partial charge on any atom is 0.294 e. The third-order valence-corrected chi connectivity index (χ3v) is 5.09. The zero-order valence-electron chi connectivity index (χ0n) is 10.8. The third-order valence-electron chi connectivity index (χ3n) is 2.76. The van der Waals surface area contributed by atoms with Gasteiger partial charge in [0, 0.05) is 10.9 Å². The first kappa shape index (κ1) is 14.1. The number of para-hydroxylation sites is 2. The number of benzene rings is 1. The molecule has 0 saturated heterocycles. The topological polar surface area (TPSA) is 89.4 Å². The van der Waals surface area contributed by atoms with E-state index in [9.17, 15) is 15.2 Å². The minimum absolute atomic E-state index is 0.0387. The van der Waals surface area contributed by atoms with E-state index in [-0.39, 0.29) is 5.69 Å². The van der Waals surface area contributed by atoms with E-state index in [1.54, 1.807) is 13.0 Å². The van der Waals surface area contributed by atoms with Crippen LogP contribution >= 0.6 is 23.1 Å². The molecule has 0 radical (unpaired) electrons. The molecule has 3 rings (SSSR count). The second-order valence-corrected chi connectivity index (χ2v) is 6.61. The first-order valence-electron chi connectivity index (χ1n) is 6.04. The summed E-state index contributed by atoms with van der Waals surface area (Å²) < 4.78 is 6.00. The van der Waals surface area contributed by atoms with Gasteiger partial charge >= 0.3 is 0 Å². The predicted molar refractivity (Wildman–Crippen MR) is 79.7 cm³/mol. The smallest absolute Gasteiger partial charge is 0.294 e. The van der Waals surface area contributed by atoms with E-state index in [4.69, 9.17) is 4.42 Å². The van der Waals surface area contributed by atoms with Crippen molar-refractivity contribution in [3.8, 4) is 0 Å². The summed E-state index contributed by atoms with van der Waals surface area (Å²) in [5.74, 6) is 0. The Labute approximate surface area is 127 Å². The second-order valence-electron chi connectivity index (χ2n) is 4.30. The van der Waals surface area contributed by atoms with Gasteiger partial charge in [-0.15, -0.1) is 11.3 Å². The molecule has 1 aromatic carbocycles. The number of nitro groups is 1. The van der Waals surface area contributed by atoms with E-state index in [0.29, 0.717) is 25.4 Å². The average Bonchev–Trinajstić information content (AvgIpc) is 3.02. The van der Waals surface area contributed by atoms with E-state index in [0.717, 1.165) is 11.8 Å². The summed E-state index contributed by atoms with van der Waals surface area (Å²) in [6.45, 7) is 1.57. The summed E-state index contributed by atoms with van der Waals surface area (Å²) in [4.78, 5) is 15.4. The van der Waals surface area contributed by atoms with Crippen LogP contribution in [0.15, 0.2) is 44.2 Å². The zero-order valence-corrected chi connectivity index (χ0v) is 12.5. The molecule has 0 bridgehead atoms. The van der Waals surface area contributed by atoms with Crippen molar-refractivity contribution in [1.29, 1.82) is 0 Å². The normalized spacial score (nSPS) is 12.7. The zero-order chi connectivity index (χ0) is 15.0. The number of hydrogen-bond acceptors (Lipinski definition) is 7. The average molecular weight is 322 g/mol. The van der Waals surface area contributed by atoms with Gasteiger partial charge in [-0.05, 0) is 30.8 Å². The lowest BCUT2D eigenvalue weighted by Gasteiger charge is -1.95. The number of oxazole rings is 1. The fourth-order valence-electron chi connectivity index (χ4n) is 1.76. The lowest BCUT2D eigenvalue weighted by Crippen LogP contribution is -1.87. The molecule has 0 aliphatic rings. The number of thiophene rings is 1. The van der Waals surface area contributed by atoms with E-state index < -0.39 is 11.0 Å². The quantitative estimate of drug-likeness (QED) is 0.577. The third kappa shape index (κ3) is 2.78. The molecule has 0 fully saturated rings. The molecule has 1 N–H and O–H groups in total. The van der Waals surface area contributed by atoms with Crippen molar-refractivity contribution in [2.24, 2.45) is 0 Å². The summed E-state index contributed by atoms with van der Waals surface area (Å²) in [5, 5.41) is 21.0. The molecule has 8 heteroatoms. The number of fused-ring (bicyclic) bond motifs is 1. The lowest BCUT2D eigenvalue weighted by atomic mass is 10.3. The molecule has 6 nitrogen and oxygen atoms in total. The van der Waals surface area contributed by atoms with E-state index in [1.807, 2.05) is 18.2 Å². The van der Waals surface area contributed by atoms with Gasteiger partial charge in [-0.2, -0.15) is 0 Å². The summed E-state index contributed by atoms with van der Waals surface area (Å²) in [6.07, 6.45) is -0.744. The van der Waals surface area contributed by atoms with Gasteiger partial charge in [-0.25, -0.2) is 4.98 Å². The monoisotopic (exact) mass is 322 g/mol. The van der Waals surface area contributed by atoms with Crippen molar-refractivity contribution in [3.05, 3.63) is 45.3 Å². The van der Waals surface area contributed by atoms with Crippen LogP contribution in [0, 0.1) is 10.1 Å². The van der Waals surface area contributed by atoms with Crippen LogP contribution in [0.3, 0.4) is 0 Å². The van der Waals surface area contributed by atoms with Crippen LogP contribution in [0.5, 0.6) is 0 Å². The van der Waals surface area contributed by atoms with Gasteiger partial charge in [0.1, 0.15) is 9.73 Å². The molecule has 1 atom stereocenters. The Morgan fingerprint density at radius 2 is 2.24 bits per heavy atom. The number of aliphatic hydroxyl groups is 1. The van der Waals surface area contributed by atoms with Crippen molar-refractivity contribution >= 4 is 39.9 Å². The molecule has 0 aliphatic heterocycles. The number of nitrogens with zero attached hydrogens (tertiary/aromatic N) is 2. The highest BCUT2D eigenvalue weighted by Gasteiger charge is 2.23. The van der Waals surface area contributed by atoms with Crippen LogP contribution in [0.2, 0.25) is 0 Å². The summed E-state index contributed by atoms with van der Waals surface area (Å²) >= 11 is 2.27. The van der Waals surface area contributed by atoms with E-state index >= 15 is 0 Å². The number of hydrogen-bond donors (Lipinski definition) is 1. The van der Waals surface area contributed by atoms with Gasteiger partial charge < -0.3 is 9.52 Å². The van der Waals surface area contributed by atoms with Crippen molar-refractivity contribution in [2.75, 3.05) is 0 Å². The fourth-order valence-corrected chi connectivity index (χ4v) is 3.90. The molecule has 2 heterocycles. The Balaban J connectivity index is 1.98. The standard InChI is InChI=1S/C13H10N2O4S2/c1-7(16)11-6-9(15(17)18)12(20-11)21-13-14-8-4-2-3-5-10(8)19-13/h2-7,16H,1H3. The maximum absolute atomic E-state index is 11.1. The SMILES string of the molecule is CC(O)c1cc([N+](=O)[O-])c(Sc2nc3ccccc3o2)s1. The molecular formula is C13H10N2O4S2. The van der Waals surface area contributed by atoms with Crippen LogP contribution in [0.4, 0.5) is 5.69 Å². The number of rotatable bonds is 4. The fraction of sp³-hybridized carbons (Fsp3) is 0.154. The minimum Gasteiger partial charge on any atom is -0.431 e. The van der Waals surface area contributed by atoms with Crippen molar-refractivity contribution in [3.63, 3.8) is 0 Å². The van der Waals surface area contributed by atoms with Gasteiger partial charge in [0.05, 0.1) is 11.0 Å². The van der Waals surface area contributed by atoms with Gasteiger partial charge in [0.2, 0.25) is 0 Å². The van der Waals surface area contributed by atoms with Crippen LogP contribution in [-0.2, 0) is 0 Å². The predicted octanol–water partition coefficient (Wildman–Crippen LogP) is 4.00. The molecular weight excluding hydrogens is 312 g/mol. The summed E-state index contributed by atoms with van der Waals surface area (Å²) in [5.41, 5.74) is 1.30. The second kappa shape index (κ2) is 5.47. The molecule has 2 aromatic heterocycles. The first-order valence-corrected chi connectivity index (χ1v) is 7.67. The lowest BCUT2D eigenvalue weighted by molar-refractivity contribution is -0.387. The first-order chi connectivity index (χ1) is 10.0. The van der Waals surface area contributed by atoms with Crippen LogP contribution in [-0.4, -0.2) is 15.0 Å². The summed E-state index contributed by atoms with van der Waals surface area (Å²) in [6, 6.07) is 8.67. The van der Waals surface area contributed by atoms with E-state index in [1.165, 1.54) is 17.4 Å². The highest BCUT2D eigenvalue weighted by Crippen LogP contribution is 2.43. The number of aromatic nitrogens is 1. The molecule has 0 spiro atoms. The van der Waals surface area contributed by atoms with E-state index in [2.05, 4.69) is 4.98 Å². The minimum atomic E-state index is -0.744. The highest BCUT2D eigenvalue weighted by molar-refractivity contribution is 8.01. The van der Waals surface area contributed by atoms with Gasteiger partial charge in [-0.1, -0.05) is 12.1 Å². The van der Waals surface area contributed by atoms with Crippen LogP contribution in [0.25, 0.3) is 11.1 Å². The number of aliphatic hydroxyl groups excluding tert-OH is 1. The van der Waals surface area contributed by atoms with Crippen molar-refractivity contribution in [2.45, 2.75) is 22.5 Å². The molecule has 0 aliphatic carbocycles. The Morgan fingerprint density at radius 1 is 1.48 bits per heavy atom. The van der Waals surface area contributed by atoms with Crippen LogP contribution < -0.4 is 0 Å².